The Bertz CT molecular complexity index is 2010. The lowest BCUT2D eigenvalue weighted by molar-refractivity contribution is -0.144. The molecule has 3 heterocycles. The Morgan fingerprint density at radius 3 is 2.30 bits per heavy atom. The third-order valence-corrected chi connectivity index (χ3v) is 10.9. The third kappa shape index (κ3) is 10.4. The monoisotopic (exact) mass is 806 g/mol. The number of nitrogens with two attached hydrogens (primary N) is 2. The first-order valence-corrected chi connectivity index (χ1v) is 18.9. The highest BCUT2D eigenvalue weighted by molar-refractivity contribution is 7.99. The van der Waals surface area contributed by atoms with Crippen LogP contribution in [0.15, 0.2) is 70.8 Å². The number of rotatable bonds is 9. The Labute approximate surface area is 323 Å². The molecule has 0 aliphatic carbocycles. The highest BCUT2D eigenvalue weighted by Gasteiger charge is 2.41. The van der Waals surface area contributed by atoms with Gasteiger partial charge in [-0.2, -0.15) is 26.3 Å². The van der Waals surface area contributed by atoms with Crippen LogP contribution in [0.1, 0.15) is 59.9 Å². The van der Waals surface area contributed by atoms with E-state index in [-0.39, 0.29) is 43.4 Å². The van der Waals surface area contributed by atoms with Gasteiger partial charge in [0.2, 0.25) is 17.7 Å². The third-order valence-electron chi connectivity index (χ3n) is 9.62. The van der Waals surface area contributed by atoms with Crippen molar-refractivity contribution in [3.63, 3.8) is 0 Å². The topological polar surface area (TPSA) is 171 Å². The van der Waals surface area contributed by atoms with Crippen molar-refractivity contribution in [3.05, 3.63) is 88.7 Å². The minimum absolute atomic E-state index is 0.0342. The van der Waals surface area contributed by atoms with Crippen LogP contribution in [0.4, 0.5) is 26.3 Å². The summed E-state index contributed by atoms with van der Waals surface area (Å²) in [5.74, 6) is -2.01. The maximum atomic E-state index is 14.7. The number of fused-ring (bicyclic) bond motifs is 3. The molecule has 1 aliphatic rings. The van der Waals surface area contributed by atoms with Gasteiger partial charge in [0, 0.05) is 54.8 Å². The fraction of sp³-hybridized carbons (Fsp3) is 0.421. The van der Waals surface area contributed by atoms with Crippen LogP contribution in [0, 0.1) is 0 Å². The zero-order valence-electron chi connectivity index (χ0n) is 30.5. The Morgan fingerprint density at radius 2 is 1.59 bits per heavy atom. The molecular weight excluding hydrogens is 763 g/mol. The van der Waals surface area contributed by atoms with Gasteiger partial charge in [0.05, 0.1) is 17.2 Å². The van der Waals surface area contributed by atoms with E-state index >= 15 is 0 Å². The van der Waals surface area contributed by atoms with E-state index in [9.17, 15) is 40.7 Å². The number of pyridine rings is 1. The molecule has 5 rings (SSSR count). The van der Waals surface area contributed by atoms with Gasteiger partial charge in [0.1, 0.15) is 17.1 Å². The Balaban J connectivity index is 1.66. The Hall–Kier alpha value is -4.65. The van der Waals surface area contributed by atoms with Gasteiger partial charge in [-0.25, -0.2) is 4.98 Å². The van der Waals surface area contributed by atoms with Crippen LogP contribution < -0.4 is 27.4 Å². The zero-order chi connectivity index (χ0) is 40.6. The molecule has 0 fully saturated rings. The lowest BCUT2D eigenvalue weighted by atomic mass is 10.0. The molecule has 2 aromatic carbocycles. The lowest BCUT2D eigenvalue weighted by Gasteiger charge is -2.32. The summed E-state index contributed by atoms with van der Waals surface area (Å²) in [5, 5.41) is 9.29. The maximum Gasteiger partial charge on any atom is 0.417 e. The molecule has 0 saturated heterocycles. The van der Waals surface area contributed by atoms with Crippen molar-refractivity contribution >= 4 is 40.4 Å². The predicted molar refractivity (Wildman–Crippen MR) is 199 cm³/mol. The summed E-state index contributed by atoms with van der Waals surface area (Å²) in [6.07, 6.45) is -5.67. The van der Waals surface area contributed by atoms with Crippen molar-refractivity contribution in [3.8, 4) is 0 Å². The molecule has 2 aromatic heterocycles. The maximum absolute atomic E-state index is 14.7. The smallest absolute Gasteiger partial charge is 0.361 e. The van der Waals surface area contributed by atoms with Crippen molar-refractivity contribution < 1.29 is 40.7 Å². The number of alkyl halides is 6. The number of para-hydroxylation sites is 1. The van der Waals surface area contributed by atoms with Crippen LogP contribution in [0.25, 0.3) is 10.9 Å². The highest BCUT2D eigenvalue weighted by Crippen LogP contribution is 2.45. The highest BCUT2D eigenvalue weighted by atomic mass is 32.2. The number of nitrogens with one attached hydrogen (secondary N) is 4. The number of aromatic amines is 1. The van der Waals surface area contributed by atoms with Gasteiger partial charge >= 0.3 is 12.4 Å². The van der Waals surface area contributed by atoms with Crippen molar-refractivity contribution in [2.24, 2.45) is 11.5 Å². The van der Waals surface area contributed by atoms with Crippen LogP contribution in [0.2, 0.25) is 0 Å². The number of unbranched alkanes of at least 4 members (excludes halogenated alkanes) is 1. The zero-order valence-corrected chi connectivity index (χ0v) is 31.3. The standard InChI is InChI=1S/C38H44F6N8O3S/c1-52-31(17-23-20-48-28-10-3-2-9-26(23)28)34(54)50-21-24-16-25(37(39,40)41)18-27(38(42,43)44)32(24)56-35-22(8-7-15-47-35)19-49-29(12-6-14-46)33(53)51-30(36(52)55)11-4-5-13-45/h2-3,7-10,15-16,18,20,29-31,48-49H,4-6,11-14,17,19,21,45-46H2,1H3,(H,50,54)(H,51,53). The first-order valence-electron chi connectivity index (χ1n) is 18.1. The van der Waals surface area contributed by atoms with Crippen LogP contribution in [0.3, 0.4) is 0 Å². The van der Waals surface area contributed by atoms with E-state index in [0.29, 0.717) is 54.8 Å². The molecule has 302 valence electrons. The van der Waals surface area contributed by atoms with Crippen LogP contribution in [-0.2, 0) is 46.2 Å². The molecule has 1 aliphatic heterocycles. The summed E-state index contributed by atoms with van der Waals surface area (Å²) in [5.41, 5.74) is 9.64. The van der Waals surface area contributed by atoms with Crippen molar-refractivity contribution in [1.29, 1.82) is 0 Å². The first-order chi connectivity index (χ1) is 26.6. The molecule has 3 amide bonds. The second-order valence-electron chi connectivity index (χ2n) is 13.5. The van der Waals surface area contributed by atoms with Crippen LogP contribution in [-0.4, -0.2) is 70.9 Å². The fourth-order valence-electron chi connectivity index (χ4n) is 6.58. The molecule has 4 aromatic rings. The number of likely N-dealkylation sites (N-methyl/N-ethyl adjacent to an activating group) is 1. The average Bonchev–Trinajstić information content (AvgIpc) is 3.57. The lowest BCUT2D eigenvalue weighted by Crippen LogP contribution is -2.57. The number of aromatic nitrogens is 2. The molecule has 11 nitrogen and oxygen atoms in total. The largest absolute Gasteiger partial charge is 0.417 e. The summed E-state index contributed by atoms with van der Waals surface area (Å²) < 4.78 is 86.4. The van der Waals surface area contributed by atoms with E-state index in [2.05, 4.69) is 25.9 Å². The van der Waals surface area contributed by atoms with E-state index in [1.54, 1.807) is 30.5 Å². The summed E-state index contributed by atoms with van der Waals surface area (Å²) in [7, 11) is 1.37. The summed E-state index contributed by atoms with van der Waals surface area (Å²) in [6.45, 7) is -0.261. The predicted octanol–water partition coefficient (Wildman–Crippen LogP) is 5.26. The molecule has 0 saturated carbocycles. The van der Waals surface area contributed by atoms with Gasteiger partial charge in [0.25, 0.3) is 0 Å². The summed E-state index contributed by atoms with van der Waals surface area (Å²) in [4.78, 5) is 50.5. The summed E-state index contributed by atoms with van der Waals surface area (Å²) >= 11 is 0.504. The van der Waals surface area contributed by atoms with Crippen molar-refractivity contribution in [2.75, 3.05) is 20.1 Å². The van der Waals surface area contributed by atoms with E-state index in [4.69, 9.17) is 11.5 Å². The molecule has 3 atom stereocenters. The molecular formula is C38H44F6N8O3S. The number of carbonyl (C=O) groups excluding carboxylic acids is 3. The number of carbonyl (C=O) groups is 3. The molecule has 56 heavy (non-hydrogen) atoms. The Kier molecular flexibility index (Phi) is 14.1. The normalized spacial score (nSPS) is 19.3. The molecule has 0 spiro atoms. The first kappa shape index (κ1) is 42.5. The van der Waals surface area contributed by atoms with Gasteiger partial charge in [-0.05, 0) is 86.1 Å². The van der Waals surface area contributed by atoms with E-state index in [1.807, 2.05) is 6.07 Å². The minimum Gasteiger partial charge on any atom is -0.361 e. The van der Waals surface area contributed by atoms with E-state index in [1.165, 1.54) is 19.3 Å². The molecule has 3 unspecified atom stereocenters. The average molecular weight is 807 g/mol. The van der Waals surface area contributed by atoms with Crippen molar-refractivity contribution in [2.45, 2.75) is 92.0 Å². The number of hydrogen-bond acceptors (Lipinski definition) is 8. The molecule has 0 bridgehead atoms. The number of amides is 3. The van der Waals surface area contributed by atoms with Gasteiger partial charge in [-0.3, -0.25) is 14.4 Å². The Morgan fingerprint density at radius 1 is 0.857 bits per heavy atom. The van der Waals surface area contributed by atoms with E-state index in [0.717, 1.165) is 15.8 Å². The van der Waals surface area contributed by atoms with Crippen LogP contribution in [0.5, 0.6) is 0 Å². The van der Waals surface area contributed by atoms with Crippen LogP contribution >= 0.6 is 11.8 Å². The van der Waals surface area contributed by atoms with E-state index < -0.39 is 76.3 Å². The number of H-pyrrole nitrogens is 1. The number of hydrogen-bond donors (Lipinski definition) is 6. The number of halogens is 6. The summed E-state index contributed by atoms with van der Waals surface area (Å²) in [6, 6.07) is 7.59. The molecule has 0 radical (unpaired) electrons. The van der Waals surface area contributed by atoms with Crippen molar-refractivity contribution in [1.82, 2.24) is 30.8 Å². The second kappa shape index (κ2) is 18.5. The minimum atomic E-state index is -5.23. The number of benzene rings is 2. The molecule has 18 heteroatoms. The van der Waals surface area contributed by atoms with Gasteiger partial charge in [-0.1, -0.05) is 36.0 Å². The quantitative estimate of drug-likeness (QED) is 0.0983. The van der Waals surface area contributed by atoms with Gasteiger partial charge < -0.3 is 37.3 Å². The SMILES string of the molecule is CN1C(=O)C(CCCCN)NC(=O)C(CCCN)NCc2cccnc2Sc2c(cc(C(F)(F)F)cc2C(F)(F)F)CNC(=O)C1Cc1c[nH]c2ccccc12. The van der Waals surface area contributed by atoms with Gasteiger partial charge in [-0.15, -0.1) is 0 Å². The number of nitrogens with zero attached hydrogens (tertiary/aromatic N) is 2. The molecule has 8 N–H and O–H groups in total. The second-order valence-corrected chi connectivity index (χ2v) is 14.5. The fourth-order valence-corrected chi connectivity index (χ4v) is 7.70. The van der Waals surface area contributed by atoms with Gasteiger partial charge in [0.15, 0.2) is 0 Å².